The lowest BCUT2D eigenvalue weighted by molar-refractivity contribution is -0.126. The summed E-state index contributed by atoms with van der Waals surface area (Å²) in [5.41, 5.74) is 0. The second kappa shape index (κ2) is 8.37. The van der Waals surface area contributed by atoms with Crippen LogP contribution in [0.5, 0.6) is 0 Å². The zero-order valence-electron chi connectivity index (χ0n) is 15.9. The summed E-state index contributed by atoms with van der Waals surface area (Å²) in [6.07, 6.45) is 0.899. The summed E-state index contributed by atoms with van der Waals surface area (Å²) in [5, 5.41) is 4.84. The molecular formula is C20H27N3O3S. The number of amides is 1. The van der Waals surface area contributed by atoms with E-state index in [1.54, 1.807) is 12.1 Å². The summed E-state index contributed by atoms with van der Waals surface area (Å²) >= 11 is 0. The van der Waals surface area contributed by atoms with E-state index in [9.17, 15) is 13.2 Å². The highest BCUT2D eigenvalue weighted by Gasteiger charge is 2.31. The van der Waals surface area contributed by atoms with Gasteiger partial charge in [-0.25, -0.2) is 8.42 Å². The Bertz CT molecular complexity index is 906. The molecule has 0 spiro atoms. The van der Waals surface area contributed by atoms with Gasteiger partial charge in [-0.05, 0) is 36.2 Å². The van der Waals surface area contributed by atoms with Crippen LogP contribution in [0, 0.1) is 0 Å². The van der Waals surface area contributed by atoms with E-state index >= 15 is 0 Å². The quantitative estimate of drug-likeness (QED) is 0.821. The van der Waals surface area contributed by atoms with Gasteiger partial charge in [-0.2, -0.15) is 4.31 Å². The predicted octanol–water partition coefficient (Wildman–Crippen LogP) is 2.06. The van der Waals surface area contributed by atoms with Gasteiger partial charge < -0.3 is 5.32 Å². The highest BCUT2D eigenvalue weighted by atomic mass is 32.2. The van der Waals surface area contributed by atoms with E-state index in [2.05, 4.69) is 5.32 Å². The number of piperazine rings is 1. The standard InChI is InChI=1S/C20H27N3O3S/c1-3-10-21-20(24)16(2)22-11-13-23(14-12-22)27(25,26)19-9-8-17-6-4-5-7-18(17)15-19/h4-9,15-16H,3,10-14H2,1-2H3,(H,21,24)/t16-/m1/s1. The summed E-state index contributed by atoms with van der Waals surface area (Å²) in [6, 6.07) is 12.7. The minimum absolute atomic E-state index is 0.00249. The third kappa shape index (κ3) is 4.31. The number of sulfonamides is 1. The summed E-state index contributed by atoms with van der Waals surface area (Å²) in [7, 11) is -3.53. The molecule has 1 heterocycles. The summed E-state index contributed by atoms with van der Waals surface area (Å²) < 4.78 is 27.5. The van der Waals surface area contributed by atoms with Crippen molar-refractivity contribution in [3.63, 3.8) is 0 Å². The molecule has 0 radical (unpaired) electrons. The number of fused-ring (bicyclic) bond motifs is 1. The largest absolute Gasteiger partial charge is 0.355 e. The van der Waals surface area contributed by atoms with Crippen molar-refractivity contribution >= 4 is 26.7 Å². The maximum Gasteiger partial charge on any atom is 0.243 e. The third-order valence-corrected chi connectivity index (χ3v) is 7.00. The Kier molecular flexibility index (Phi) is 6.14. The number of hydrogen-bond acceptors (Lipinski definition) is 4. The van der Waals surface area contributed by atoms with Crippen LogP contribution in [0.2, 0.25) is 0 Å². The molecule has 1 aliphatic heterocycles. The monoisotopic (exact) mass is 389 g/mol. The molecule has 0 aliphatic carbocycles. The topological polar surface area (TPSA) is 69.7 Å². The molecule has 1 fully saturated rings. The van der Waals surface area contributed by atoms with Gasteiger partial charge in [0, 0.05) is 32.7 Å². The lowest BCUT2D eigenvalue weighted by atomic mass is 10.1. The second-order valence-electron chi connectivity index (χ2n) is 6.92. The molecule has 0 unspecified atom stereocenters. The minimum Gasteiger partial charge on any atom is -0.355 e. The molecule has 0 bridgehead atoms. The number of benzene rings is 2. The zero-order valence-corrected chi connectivity index (χ0v) is 16.7. The number of carbonyl (C=O) groups excluding carboxylic acids is 1. The van der Waals surface area contributed by atoms with Crippen molar-refractivity contribution in [2.75, 3.05) is 32.7 Å². The number of hydrogen-bond donors (Lipinski definition) is 1. The molecule has 7 heteroatoms. The Hall–Kier alpha value is -1.96. The van der Waals surface area contributed by atoms with Gasteiger partial charge in [-0.15, -0.1) is 0 Å². The highest BCUT2D eigenvalue weighted by molar-refractivity contribution is 7.89. The molecule has 1 amide bonds. The molecule has 0 saturated carbocycles. The van der Waals surface area contributed by atoms with Gasteiger partial charge >= 0.3 is 0 Å². The van der Waals surface area contributed by atoms with Crippen LogP contribution >= 0.6 is 0 Å². The van der Waals surface area contributed by atoms with Gasteiger partial charge in [-0.3, -0.25) is 9.69 Å². The molecule has 1 atom stereocenters. The van der Waals surface area contributed by atoms with Crippen LogP contribution in [0.3, 0.4) is 0 Å². The van der Waals surface area contributed by atoms with Gasteiger partial charge in [0.15, 0.2) is 0 Å². The fraction of sp³-hybridized carbons (Fsp3) is 0.450. The van der Waals surface area contributed by atoms with Gasteiger partial charge in [0.2, 0.25) is 15.9 Å². The Balaban J connectivity index is 1.68. The molecule has 0 aromatic heterocycles. The van der Waals surface area contributed by atoms with Crippen LogP contribution in [0.1, 0.15) is 20.3 Å². The molecule has 27 heavy (non-hydrogen) atoms. The molecule has 6 nitrogen and oxygen atoms in total. The fourth-order valence-corrected chi connectivity index (χ4v) is 4.83. The zero-order chi connectivity index (χ0) is 19.4. The molecule has 2 aromatic rings. The van der Waals surface area contributed by atoms with Crippen molar-refractivity contribution in [1.29, 1.82) is 0 Å². The average molecular weight is 390 g/mol. The molecule has 3 rings (SSSR count). The Morgan fingerprint density at radius 3 is 2.41 bits per heavy atom. The lowest BCUT2D eigenvalue weighted by Gasteiger charge is -2.36. The summed E-state index contributed by atoms with van der Waals surface area (Å²) in [5.74, 6) is 0.00249. The molecule has 1 saturated heterocycles. The normalized spacial score (nSPS) is 17.7. The van der Waals surface area contributed by atoms with Crippen molar-refractivity contribution in [1.82, 2.24) is 14.5 Å². The van der Waals surface area contributed by atoms with Crippen molar-refractivity contribution < 1.29 is 13.2 Å². The Labute approximate surface area is 161 Å². The lowest BCUT2D eigenvalue weighted by Crippen LogP contribution is -2.54. The maximum atomic E-state index is 13.0. The first-order chi connectivity index (χ1) is 12.9. The smallest absolute Gasteiger partial charge is 0.243 e. The van der Waals surface area contributed by atoms with E-state index in [1.165, 1.54) is 4.31 Å². The van der Waals surface area contributed by atoms with E-state index < -0.39 is 10.0 Å². The van der Waals surface area contributed by atoms with E-state index in [0.29, 0.717) is 37.6 Å². The van der Waals surface area contributed by atoms with E-state index in [0.717, 1.165) is 17.2 Å². The minimum atomic E-state index is -3.53. The fourth-order valence-electron chi connectivity index (χ4n) is 3.37. The first kappa shape index (κ1) is 19.8. The van der Waals surface area contributed by atoms with Crippen LogP contribution in [0.15, 0.2) is 47.4 Å². The SMILES string of the molecule is CCCNC(=O)[C@@H](C)N1CCN(S(=O)(=O)c2ccc3ccccc3c2)CC1. The molecule has 2 aromatic carbocycles. The number of rotatable bonds is 6. The predicted molar refractivity (Wildman–Crippen MR) is 107 cm³/mol. The van der Waals surface area contributed by atoms with Crippen LogP contribution < -0.4 is 5.32 Å². The molecule has 146 valence electrons. The summed E-state index contributed by atoms with van der Waals surface area (Å²) in [6.45, 7) is 6.43. The molecular weight excluding hydrogens is 362 g/mol. The van der Waals surface area contributed by atoms with Crippen LogP contribution in [0.25, 0.3) is 10.8 Å². The van der Waals surface area contributed by atoms with Gasteiger partial charge in [0.05, 0.1) is 10.9 Å². The van der Waals surface area contributed by atoms with Gasteiger partial charge in [-0.1, -0.05) is 37.3 Å². The Morgan fingerprint density at radius 1 is 1.07 bits per heavy atom. The number of nitrogens with one attached hydrogen (secondary N) is 1. The second-order valence-corrected chi connectivity index (χ2v) is 8.85. The van der Waals surface area contributed by atoms with Gasteiger partial charge in [0.1, 0.15) is 0 Å². The first-order valence-electron chi connectivity index (χ1n) is 9.44. The van der Waals surface area contributed by atoms with Crippen LogP contribution in [-0.4, -0.2) is 62.3 Å². The molecule has 1 N–H and O–H groups in total. The third-order valence-electron chi connectivity index (χ3n) is 5.11. The van der Waals surface area contributed by atoms with E-state index in [4.69, 9.17) is 0 Å². The van der Waals surface area contributed by atoms with Crippen molar-refractivity contribution in [2.24, 2.45) is 0 Å². The molecule has 1 aliphatic rings. The van der Waals surface area contributed by atoms with E-state index in [-0.39, 0.29) is 11.9 Å². The summed E-state index contributed by atoms with van der Waals surface area (Å²) in [4.78, 5) is 14.5. The van der Waals surface area contributed by atoms with Crippen molar-refractivity contribution in [2.45, 2.75) is 31.2 Å². The van der Waals surface area contributed by atoms with E-state index in [1.807, 2.05) is 49.1 Å². The maximum absolute atomic E-state index is 13.0. The van der Waals surface area contributed by atoms with Crippen LogP contribution in [-0.2, 0) is 14.8 Å². The Morgan fingerprint density at radius 2 is 1.74 bits per heavy atom. The van der Waals surface area contributed by atoms with Crippen molar-refractivity contribution in [3.8, 4) is 0 Å². The first-order valence-corrected chi connectivity index (χ1v) is 10.9. The number of carbonyl (C=O) groups is 1. The highest BCUT2D eigenvalue weighted by Crippen LogP contribution is 2.23. The van der Waals surface area contributed by atoms with Crippen molar-refractivity contribution in [3.05, 3.63) is 42.5 Å². The number of nitrogens with zero attached hydrogens (tertiary/aromatic N) is 2. The average Bonchev–Trinajstić information content (AvgIpc) is 2.71. The van der Waals surface area contributed by atoms with Crippen LogP contribution in [0.4, 0.5) is 0 Å². The van der Waals surface area contributed by atoms with Gasteiger partial charge in [0.25, 0.3) is 0 Å².